The fourth-order valence-electron chi connectivity index (χ4n) is 3.19. The molecule has 3 heterocycles. The first-order valence-electron chi connectivity index (χ1n) is 8.44. The van der Waals surface area contributed by atoms with Crippen LogP contribution in [-0.4, -0.2) is 61.1 Å². The second-order valence-corrected chi connectivity index (χ2v) is 5.94. The van der Waals surface area contributed by atoms with Gasteiger partial charge in [0.2, 0.25) is 5.88 Å². The van der Waals surface area contributed by atoms with Crippen molar-refractivity contribution >= 4 is 5.82 Å². The van der Waals surface area contributed by atoms with Gasteiger partial charge in [-0.2, -0.15) is 0 Å². The molecule has 0 bridgehead atoms. The van der Waals surface area contributed by atoms with Crippen molar-refractivity contribution in [1.82, 2.24) is 15.0 Å². The molecule has 0 amide bonds. The molecule has 25 heavy (non-hydrogen) atoms. The van der Waals surface area contributed by atoms with Crippen LogP contribution in [0.15, 0.2) is 36.9 Å². The molecule has 134 valence electrons. The monoisotopic (exact) mass is 344 g/mol. The number of anilines is 1. The molecule has 7 nitrogen and oxygen atoms in total. The van der Waals surface area contributed by atoms with E-state index in [2.05, 4.69) is 25.9 Å². The fourth-order valence-corrected chi connectivity index (χ4v) is 3.19. The minimum absolute atomic E-state index is 0.122. The Labute approximate surface area is 148 Å². The van der Waals surface area contributed by atoms with Gasteiger partial charge in [0.15, 0.2) is 0 Å². The molecule has 0 N–H and O–H groups in total. The van der Waals surface area contributed by atoms with Gasteiger partial charge in [-0.15, -0.1) is 0 Å². The van der Waals surface area contributed by atoms with Crippen molar-refractivity contribution in [3.8, 4) is 5.88 Å². The number of ether oxygens (including phenoxy) is 3. The summed E-state index contributed by atoms with van der Waals surface area (Å²) in [5.41, 5.74) is 1.18. The van der Waals surface area contributed by atoms with Gasteiger partial charge in [0.25, 0.3) is 0 Å². The van der Waals surface area contributed by atoms with Crippen LogP contribution in [0, 0.1) is 0 Å². The SMILES string of the molecule is COCCO[C@@H]1CCN(c2cc(OC)ncn2)[C@@H]1Cc1cccnc1. The second kappa shape index (κ2) is 8.73. The molecule has 1 aliphatic heterocycles. The first kappa shape index (κ1) is 17.6. The molecule has 0 saturated carbocycles. The Morgan fingerprint density at radius 2 is 2.16 bits per heavy atom. The predicted molar refractivity (Wildman–Crippen MR) is 93.9 cm³/mol. The predicted octanol–water partition coefficient (Wildman–Crippen LogP) is 1.73. The molecule has 2 aromatic rings. The Morgan fingerprint density at radius 1 is 1.24 bits per heavy atom. The summed E-state index contributed by atoms with van der Waals surface area (Å²) in [7, 11) is 3.30. The zero-order valence-electron chi connectivity index (χ0n) is 14.7. The summed E-state index contributed by atoms with van der Waals surface area (Å²) in [6.07, 6.45) is 7.14. The van der Waals surface area contributed by atoms with Crippen molar-refractivity contribution in [3.63, 3.8) is 0 Å². The molecular weight excluding hydrogens is 320 g/mol. The van der Waals surface area contributed by atoms with Crippen molar-refractivity contribution in [1.29, 1.82) is 0 Å². The van der Waals surface area contributed by atoms with E-state index < -0.39 is 0 Å². The van der Waals surface area contributed by atoms with Crippen LogP contribution in [0.5, 0.6) is 5.88 Å². The Kier molecular flexibility index (Phi) is 6.14. The minimum atomic E-state index is 0.122. The van der Waals surface area contributed by atoms with Gasteiger partial charge in [-0.1, -0.05) is 6.07 Å². The van der Waals surface area contributed by atoms with Crippen LogP contribution in [0.1, 0.15) is 12.0 Å². The lowest BCUT2D eigenvalue weighted by Crippen LogP contribution is -2.39. The van der Waals surface area contributed by atoms with Gasteiger partial charge in [-0.25, -0.2) is 9.97 Å². The molecular formula is C18H24N4O3. The molecule has 2 aromatic heterocycles. The Hall–Kier alpha value is -2.25. The highest BCUT2D eigenvalue weighted by Gasteiger charge is 2.36. The van der Waals surface area contributed by atoms with Gasteiger partial charge in [0.05, 0.1) is 32.5 Å². The van der Waals surface area contributed by atoms with E-state index in [1.807, 2.05) is 18.3 Å². The fraction of sp³-hybridized carbons (Fsp3) is 0.500. The van der Waals surface area contributed by atoms with Crippen LogP contribution in [0.3, 0.4) is 0 Å². The molecule has 3 rings (SSSR count). The lowest BCUT2D eigenvalue weighted by Gasteiger charge is -2.29. The van der Waals surface area contributed by atoms with Crippen molar-refractivity contribution in [2.45, 2.75) is 25.0 Å². The third-order valence-electron chi connectivity index (χ3n) is 4.40. The molecule has 0 unspecified atom stereocenters. The number of nitrogens with zero attached hydrogens (tertiary/aromatic N) is 4. The first-order chi connectivity index (χ1) is 12.3. The summed E-state index contributed by atoms with van der Waals surface area (Å²) < 4.78 is 16.4. The summed E-state index contributed by atoms with van der Waals surface area (Å²) in [5.74, 6) is 1.42. The van der Waals surface area contributed by atoms with Crippen molar-refractivity contribution in [2.75, 3.05) is 38.9 Å². The van der Waals surface area contributed by atoms with E-state index >= 15 is 0 Å². The van der Waals surface area contributed by atoms with E-state index in [0.717, 1.165) is 25.2 Å². The summed E-state index contributed by atoms with van der Waals surface area (Å²) in [4.78, 5) is 15.0. The van der Waals surface area contributed by atoms with Gasteiger partial charge < -0.3 is 19.1 Å². The Bertz CT molecular complexity index is 656. The molecule has 1 saturated heterocycles. The van der Waals surface area contributed by atoms with E-state index in [1.54, 1.807) is 20.4 Å². The third-order valence-corrected chi connectivity index (χ3v) is 4.40. The summed E-state index contributed by atoms with van der Waals surface area (Å²) >= 11 is 0. The summed E-state index contributed by atoms with van der Waals surface area (Å²) in [6.45, 7) is 2.06. The Balaban J connectivity index is 1.79. The molecule has 0 radical (unpaired) electrons. The average molecular weight is 344 g/mol. The quantitative estimate of drug-likeness (QED) is 0.676. The minimum Gasteiger partial charge on any atom is -0.481 e. The molecule has 7 heteroatoms. The molecule has 2 atom stereocenters. The van der Waals surface area contributed by atoms with E-state index in [9.17, 15) is 0 Å². The van der Waals surface area contributed by atoms with Gasteiger partial charge in [-0.05, 0) is 24.5 Å². The maximum atomic E-state index is 6.07. The van der Waals surface area contributed by atoms with Crippen LogP contribution in [0.4, 0.5) is 5.82 Å². The van der Waals surface area contributed by atoms with Gasteiger partial charge >= 0.3 is 0 Å². The van der Waals surface area contributed by atoms with Crippen molar-refractivity contribution in [3.05, 3.63) is 42.5 Å². The number of rotatable bonds is 8. The standard InChI is InChI=1S/C18H24N4O3/c1-23-8-9-25-16-5-7-22(17-11-18(24-2)21-13-20-17)15(16)10-14-4-3-6-19-12-14/h3-4,6,11-13,15-16H,5,7-10H2,1-2H3/t15-,16-/m1/s1. The maximum Gasteiger partial charge on any atom is 0.218 e. The van der Waals surface area contributed by atoms with E-state index in [4.69, 9.17) is 14.2 Å². The first-order valence-corrected chi connectivity index (χ1v) is 8.44. The number of hydrogen-bond donors (Lipinski definition) is 0. The summed E-state index contributed by atoms with van der Waals surface area (Å²) in [6, 6.07) is 6.10. The lowest BCUT2D eigenvalue weighted by molar-refractivity contribution is 0.0137. The summed E-state index contributed by atoms with van der Waals surface area (Å²) in [5, 5.41) is 0. The van der Waals surface area contributed by atoms with Gasteiger partial charge in [-0.3, -0.25) is 4.98 Å². The number of hydrogen-bond acceptors (Lipinski definition) is 7. The van der Waals surface area contributed by atoms with Crippen LogP contribution in [0.2, 0.25) is 0 Å². The van der Waals surface area contributed by atoms with Crippen LogP contribution in [0.25, 0.3) is 0 Å². The Morgan fingerprint density at radius 3 is 2.92 bits per heavy atom. The van der Waals surface area contributed by atoms with Gasteiger partial charge in [0, 0.05) is 32.1 Å². The largest absolute Gasteiger partial charge is 0.481 e. The van der Waals surface area contributed by atoms with E-state index in [-0.39, 0.29) is 12.1 Å². The van der Waals surface area contributed by atoms with Crippen LogP contribution in [-0.2, 0) is 15.9 Å². The zero-order chi connectivity index (χ0) is 17.5. The highest BCUT2D eigenvalue weighted by atomic mass is 16.5. The van der Waals surface area contributed by atoms with Gasteiger partial charge in [0.1, 0.15) is 12.1 Å². The van der Waals surface area contributed by atoms with Crippen LogP contribution >= 0.6 is 0 Å². The van der Waals surface area contributed by atoms with Crippen molar-refractivity contribution < 1.29 is 14.2 Å². The van der Waals surface area contributed by atoms with Crippen LogP contribution < -0.4 is 9.64 Å². The molecule has 0 aromatic carbocycles. The normalized spacial score (nSPS) is 20.0. The number of pyridine rings is 1. The molecule has 1 fully saturated rings. The number of aromatic nitrogens is 3. The molecule has 1 aliphatic rings. The second-order valence-electron chi connectivity index (χ2n) is 5.94. The highest BCUT2D eigenvalue weighted by molar-refractivity contribution is 5.44. The van der Waals surface area contributed by atoms with Crippen molar-refractivity contribution in [2.24, 2.45) is 0 Å². The van der Waals surface area contributed by atoms with E-state index in [1.165, 1.54) is 11.9 Å². The number of methoxy groups -OCH3 is 2. The maximum absolute atomic E-state index is 6.07. The highest BCUT2D eigenvalue weighted by Crippen LogP contribution is 2.29. The van der Waals surface area contributed by atoms with E-state index in [0.29, 0.717) is 19.1 Å². The molecule has 0 aliphatic carbocycles. The topological polar surface area (TPSA) is 69.6 Å². The average Bonchev–Trinajstić information content (AvgIpc) is 3.05. The lowest BCUT2D eigenvalue weighted by atomic mass is 10.0. The smallest absolute Gasteiger partial charge is 0.218 e. The third kappa shape index (κ3) is 4.43. The molecule has 0 spiro atoms. The zero-order valence-corrected chi connectivity index (χ0v) is 14.7.